The summed E-state index contributed by atoms with van der Waals surface area (Å²) in [5.74, 6) is 0. The predicted octanol–water partition coefficient (Wildman–Crippen LogP) is 2.66. The van der Waals surface area contributed by atoms with Gasteiger partial charge >= 0.3 is 0 Å². The molecular formula is C16H26N2O. The number of likely N-dealkylation sites (N-methyl/N-ethyl adjacent to an activating group) is 2. The SMILES string of the molecule is CC[C@@H](O)c1ccc(N(C)CC2CCCN2C)cc1. The molecule has 1 aliphatic rings. The summed E-state index contributed by atoms with van der Waals surface area (Å²) >= 11 is 0. The first-order chi connectivity index (χ1) is 9.11. The lowest BCUT2D eigenvalue weighted by Gasteiger charge is -2.27. The summed E-state index contributed by atoms with van der Waals surface area (Å²) < 4.78 is 0. The molecule has 0 aromatic heterocycles. The molecule has 1 N–H and O–H groups in total. The highest BCUT2D eigenvalue weighted by Crippen LogP contribution is 2.22. The zero-order valence-electron chi connectivity index (χ0n) is 12.3. The van der Waals surface area contributed by atoms with E-state index in [4.69, 9.17) is 0 Å². The molecule has 0 saturated carbocycles. The molecule has 1 fully saturated rings. The van der Waals surface area contributed by atoms with Crippen molar-refractivity contribution in [1.82, 2.24) is 4.90 Å². The lowest BCUT2D eigenvalue weighted by molar-refractivity contribution is 0.173. The lowest BCUT2D eigenvalue weighted by Crippen LogP contribution is -2.36. The summed E-state index contributed by atoms with van der Waals surface area (Å²) in [5.41, 5.74) is 2.24. The van der Waals surface area contributed by atoms with Gasteiger partial charge in [-0.05, 0) is 50.6 Å². The molecule has 3 nitrogen and oxygen atoms in total. The fourth-order valence-electron chi connectivity index (χ4n) is 2.82. The zero-order valence-corrected chi connectivity index (χ0v) is 12.3. The Kier molecular flexibility index (Phi) is 4.83. The van der Waals surface area contributed by atoms with Crippen molar-refractivity contribution in [1.29, 1.82) is 0 Å². The monoisotopic (exact) mass is 262 g/mol. The first kappa shape index (κ1) is 14.4. The highest BCUT2D eigenvalue weighted by Gasteiger charge is 2.22. The van der Waals surface area contributed by atoms with Gasteiger partial charge in [0.15, 0.2) is 0 Å². The molecule has 1 saturated heterocycles. The van der Waals surface area contributed by atoms with Crippen molar-refractivity contribution in [2.75, 3.05) is 32.1 Å². The number of likely N-dealkylation sites (tertiary alicyclic amines) is 1. The average Bonchev–Trinajstić information content (AvgIpc) is 2.83. The van der Waals surface area contributed by atoms with Gasteiger partial charge in [-0.1, -0.05) is 19.1 Å². The molecule has 2 atom stereocenters. The Bertz CT molecular complexity index is 390. The van der Waals surface area contributed by atoms with Crippen LogP contribution in [0.1, 0.15) is 37.9 Å². The van der Waals surface area contributed by atoms with E-state index >= 15 is 0 Å². The quantitative estimate of drug-likeness (QED) is 0.884. The zero-order chi connectivity index (χ0) is 13.8. The first-order valence-corrected chi connectivity index (χ1v) is 7.31. The maximum atomic E-state index is 9.80. The summed E-state index contributed by atoms with van der Waals surface area (Å²) in [6.07, 6.45) is 3.05. The number of aliphatic hydroxyl groups is 1. The van der Waals surface area contributed by atoms with Gasteiger partial charge in [-0.2, -0.15) is 0 Å². The first-order valence-electron chi connectivity index (χ1n) is 7.31. The van der Waals surface area contributed by atoms with E-state index in [0.29, 0.717) is 6.04 Å². The van der Waals surface area contributed by atoms with Gasteiger partial charge in [0.2, 0.25) is 0 Å². The molecule has 0 radical (unpaired) electrons. The van der Waals surface area contributed by atoms with E-state index in [0.717, 1.165) is 18.5 Å². The van der Waals surface area contributed by atoms with Crippen LogP contribution in [-0.2, 0) is 0 Å². The molecule has 1 aromatic rings. The van der Waals surface area contributed by atoms with Crippen LogP contribution in [0.4, 0.5) is 5.69 Å². The van der Waals surface area contributed by atoms with Gasteiger partial charge in [-0.3, -0.25) is 0 Å². The molecule has 1 heterocycles. The lowest BCUT2D eigenvalue weighted by atomic mass is 10.1. The topological polar surface area (TPSA) is 26.7 Å². The fraction of sp³-hybridized carbons (Fsp3) is 0.625. The molecule has 1 aliphatic heterocycles. The third-order valence-electron chi connectivity index (χ3n) is 4.26. The normalized spacial score (nSPS) is 21.6. The second kappa shape index (κ2) is 6.40. The Morgan fingerprint density at radius 2 is 2.05 bits per heavy atom. The Balaban J connectivity index is 1.97. The molecule has 106 valence electrons. The maximum absolute atomic E-state index is 9.80. The minimum atomic E-state index is -0.333. The van der Waals surface area contributed by atoms with Gasteiger partial charge in [-0.15, -0.1) is 0 Å². The second-order valence-electron chi connectivity index (χ2n) is 5.67. The summed E-state index contributed by atoms with van der Waals surface area (Å²) in [6, 6.07) is 8.98. The van der Waals surface area contributed by atoms with E-state index in [9.17, 15) is 5.11 Å². The second-order valence-corrected chi connectivity index (χ2v) is 5.67. The molecule has 0 spiro atoms. The maximum Gasteiger partial charge on any atom is 0.0787 e. The van der Waals surface area contributed by atoms with Crippen LogP contribution in [-0.4, -0.2) is 43.2 Å². The largest absolute Gasteiger partial charge is 0.388 e. The molecule has 0 amide bonds. The van der Waals surface area contributed by atoms with Crippen molar-refractivity contribution in [3.8, 4) is 0 Å². The summed E-state index contributed by atoms with van der Waals surface area (Å²) in [5, 5.41) is 9.80. The van der Waals surface area contributed by atoms with Gasteiger partial charge in [0.25, 0.3) is 0 Å². The molecule has 1 unspecified atom stereocenters. The highest BCUT2D eigenvalue weighted by atomic mass is 16.3. The molecular weight excluding hydrogens is 236 g/mol. The van der Waals surface area contributed by atoms with Crippen LogP contribution in [0.2, 0.25) is 0 Å². The van der Waals surface area contributed by atoms with Gasteiger partial charge in [0.05, 0.1) is 6.10 Å². The van der Waals surface area contributed by atoms with E-state index in [1.54, 1.807) is 0 Å². The summed E-state index contributed by atoms with van der Waals surface area (Å²) in [6.45, 7) is 4.30. The van der Waals surface area contributed by atoms with Gasteiger partial charge in [0.1, 0.15) is 0 Å². The Hall–Kier alpha value is -1.06. The number of hydrogen-bond donors (Lipinski definition) is 1. The predicted molar refractivity (Wildman–Crippen MR) is 80.6 cm³/mol. The molecule has 0 bridgehead atoms. The minimum Gasteiger partial charge on any atom is -0.388 e. The summed E-state index contributed by atoms with van der Waals surface area (Å²) in [7, 11) is 4.36. The Morgan fingerprint density at radius 3 is 2.58 bits per heavy atom. The number of hydrogen-bond acceptors (Lipinski definition) is 3. The van der Waals surface area contributed by atoms with E-state index < -0.39 is 0 Å². The minimum absolute atomic E-state index is 0.333. The van der Waals surface area contributed by atoms with Gasteiger partial charge in [0, 0.05) is 25.3 Å². The number of rotatable bonds is 5. The number of benzene rings is 1. The van der Waals surface area contributed by atoms with E-state index in [1.165, 1.54) is 25.1 Å². The van der Waals surface area contributed by atoms with Crippen LogP contribution in [0.15, 0.2) is 24.3 Å². The van der Waals surface area contributed by atoms with Crippen LogP contribution in [0.5, 0.6) is 0 Å². The van der Waals surface area contributed by atoms with Crippen molar-refractivity contribution in [3.05, 3.63) is 29.8 Å². The van der Waals surface area contributed by atoms with Crippen molar-refractivity contribution < 1.29 is 5.11 Å². The number of anilines is 1. The Morgan fingerprint density at radius 1 is 1.37 bits per heavy atom. The Labute approximate surface area is 116 Å². The van der Waals surface area contributed by atoms with Gasteiger partial charge in [-0.25, -0.2) is 0 Å². The van der Waals surface area contributed by atoms with Crippen molar-refractivity contribution in [2.24, 2.45) is 0 Å². The molecule has 19 heavy (non-hydrogen) atoms. The van der Waals surface area contributed by atoms with Crippen LogP contribution in [0.25, 0.3) is 0 Å². The average molecular weight is 262 g/mol. The van der Waals surface area contributed by atoms with E-state index in [1.807, 2.05) is 19.1 Å². The molecule has 3 heteroatoms. The fourth-order valence-corrected chi connectivity index (χ4v) is 2.82. The number of nitrogens with zero attached hydrogens (tertiary/aromatic N) is 2. The third kappa shape index (κ3) is 3.48. The van der Waals surface area contributed by atoms with Crippen molar-refractivity contribution in [3.63, 3.8) is 0 Å². The smallest absolute Gasteiger partial charge is 0.0787 e. The third-order valence-corrected chi connectivity index (χ3v) is 4.26. The highest BCUT2D eigenvalue weighted by molar-refractivity contribution is 5.47. The van der Waals surface area contributed by atoms with Crippen LogP contribution in [0.3, 0.4) is 0 Å². The van der Waals surface area contributed by atoms with E-state index in [2.05, 4.69) is 36.0 Å². The molecule has 0 aliphatic carbocycles. The van der Waals surface area contributed by atoms with Crippen molar-refractivity contribution >= 4 is 5.69 Å². The standard InChI is InChI=1S/C16H26N2O/c1-4-16(19)13-7-9-14(10-8-13)18(3)12-15-6-5-11-17(15)2/h7-10,15-16,19H,4-6,11-12H2,1-3H3/t15?,16-/m1/s1. The van der Waals surface area contributed by atoms with Crippen LogP contribution in [0, 0.1) is 0 Å². The van der Waals surface area contributed by atoms with Crippen LogP contribution < -0.4 is 4.90 Å². The summed E-state index contributed by atoms with van der Waals surface area (Å²) in [4.78, 5) is 4.76. The molecule has 2 rings (SSSR count). The molecule has 1 aromatic carbocycles. The number of aliphatic hydroxyl groups excluding tert-OH is 1. The van der Waals surface area contributed by atoms with Crippen LogP contribution >= 0.6 is 0 Å². The van der Waals surface area contributed by atoms with Crippen molar-refractivity contribution in [2.45, 2.75) is 38.3 Å². The van der Waals surface area contributed by atoms with E-state index in [-0.39, 0.29) is 6.10 Å². The van der Waals surface area contributed by atoms with Gasteiger partial charge < -0.3 is 14.9 Å².